The Morgan fingerprint density at radius 3 is 2.71 bits per heavy atom. The van der Waals surface area contributed by atoms with E-state index in [0.717, 1.165) is 61.1 Å². The number of nitrogens with two attached hydrogens (primary N) is 1. The van der Waals surface area contributed by atoms with Crippen LogP contribution in [0.4, 0.5) is 11.5 Å². The molecule has 1 amide bonds. The molecular weight excluding hydrogens is 376 g/mol. The van der Waals surface area contributed by atoms with Crippen LogP contribution in [0.3, 0.4) is 0 Å². The summed E-state index contributed by atoms with van der Waals surface area (Å²) in [6.07, 6.45) is 4.23. The molecule has 1 spiro atoms. The number of piperidine rings is 1. The number of nitrogen functional groups attached to an aromatic ring is 1. The summed E-state index contributed by atoms with van der Waals surface area (Å²) in [5, 5.41) is 4.44. The Hall–Kier alpha value is -2.73. The normalized spacial score (nSPS) is 18.8. The van der Waals surface area contributed by atoms with E-state index in [9.17, 15) is 4.79 Å². The molecule has 2 aliphatic rings. The van der Waals surface area contributed by atoms with Gasteiger partial charge in [-0.15, -0.1) is 0 Å². The zero-order valence-corrected chi connectivity index (χ0v) is 16.1. The fraction of sp³-hybridized carbons (Fsp3) is 0.333. The van der Waals surface area contributed by atoms with E-state index in [1.807, 2.05) is 30.3 Å². The number of anilines is 2. The quantitative estimate of drug-likeness (QED) is 0.687. The van der Waals surface area contributed by atoms with E-state index in [2.05, 4.69) is 15.2 Å². The molecule has 2 aromatic heterocycles. The summed E-state index contributed by atoms with van der Waals surface area (Å²) in [5.74, 6) is 1.20. The van der Waals surface area contributed by atoms with E-state index in [-0.39, 0.29) is 11.3 Å². The maximum absolute atomic E-state index is 12.3. The number of benzene rings is 1. The Kier molecular flexibility index (Phi) is 3.98. The highest BCUT2D eigenvalue weighted by molar-refractivity contribution is 6.36. The second-order valence-corrected chi connectivity index (χ2v) is 8.02. The Bertz CT molecular complexity index is 1040. The van der Waals surface area contributed by atoms with Crippen molar-refractivity contribution in [2.75, 3.05) is 30.3 Å². The summed E-state index contributed by atoms with van der Waals surface area (Å²) >= 11 is 6.61. The minimum Gasteiger partial charge on any atom is -0.456 e. The lowest BCUT2D eigenvalue weighted by molar-refractivity contribution is -0.128. The molecule has 0 unspecified atom stereocenters. The van der Waals surface area contributed by atoms with Gasteiger partial charge >= 0.3 is 0 Å². The van der Waals surface area contributed by atoms with Crippen LogP contribution in [0.5, 0.6) is 0 Å². The van der Waals surface area contributed by atoms with Gasteiger partial charge in [0.25, 0.3) is 0 Å². The minimum atomic E-state index is -0.235. The van der Waals surface area contributed by atoms with Crippen LogP contribution in [0.25, 0.3) is 22.3 Å². The van der Waals surface area contributed by atoms with Crippen LogP contribution in [0.1, 0.15) is 19.3 Å². The van der Waals surface area contributed by atoms with Crippen molar-refractivity contribution in [1.29, 1.82) is 0 Å². The first kappa shape index (κ1) is 17.4. The molecular formula is C21H21ClN4O2. The molecule has 28 heavy (non-hydrogen) atoms. The summed E-state index contributed by atoms with van der Waals surface area (Å²) in [4.78, 5) is 18.8. The molecule has 2 fully saturated rings. The first-order valence-corrected chi connectivity index (χ1v) is 9.91. The average molecular weight is 397 g/mol. The monoisotopic (exact) mass is 396 g/mol. The first-order valence-electron chi connectivity index (χ1n) is 9.54. The zero-order chi connectivity index (χ0) is 19.3. The van der Waals surface area contributed by atoms with E-state index >= 15 is 0 Å². The molecule has 3 aromatic rings. The smallest absolute Gasteiger partial charge is 0.226 e. The number of hydrogen-bond donors (Lipinski definition) is 2. The van der Waals surface area contributed by atoms with Crippen molar-refractivity contribution in [2.24, 2.45) is 5.41 Å². The molecule has 5 rings (SSSR count). The molecule has 0 atom stereocenters. The van der Waals surface area contributed by atoms with Crippen LogP contribution in [-0.4, -0.2) is 30.5 Å². The number of para-hydroxylation sites is 1. The minimum absolute atomic E-state index is 0.185. The van der Waals surface area contributed by atoms with Crippen LogP contribution < -0.4 is 16.0 Å². The Balaban J connectivity index is 1.54. The molecule has 0 saturated carbocycles. The number of halogens is 1. The summed E-state index contributed by atoms with van der Waals surface area (Å²) in [6.45, 7) is 2.25. The highest BCUT2D eigenvalue weighted by atomic mass is 35.5. The number of fused-ring (bicyclic) bond motifs is 1. The molecule has 1 aromatic carbocycles. The molecule has 3 N–H and O–H groups in total. The van der Waals surface area contributed by atoms with Crippen LogP contribution in [0.15, 0.2) is 40.9 Å². The van der Waals surface area contributed by atoms with Gasteiger partial charge in [0.1, 0.15) is 22.2 Å². The van der Waals surface area contributed by atoms with Gasteiger partial charge in [0, 0.05) is 31.2 Å². The number of carbonyl (C=O) groups is 1. The first-order chi connectivity index (χ1) is 13.6. The van der Waals surface area contributed by atoms with E-state index < -0.39 is 0 Å². The Morgan fingerprint density at radius 2 is 2.00 bits per heavy atom. The largest absolute Gasteiger partial charge is 0.456 e. The molecule has 7 heteroatoms. The summed E-state index contributed by atoms with van der Waals surface area (Å²) in [7, 11) is 0. The maximum Gasteiger partial charge on any atom is 0.226 e. The van der Waals surface area contributed by atoms with E-state index in [1.54, 1.807) is 6.20 Å². The van der Waals surface area contributed by atoms with Crippen molar-refractivity contribution >= 4 is 40.0 Å². The number of amides is 1. The fourth-order valence-electron chi connectivity index (χ4n) is 4.45. The summed E-state index contributed by atoms with van der Waals surface area (Å²) < 4.78 is 6.06. The molecule has 2 aliphatic heterocycles. The van der Waals surface area contributed by atoms with Crippen molar-refractivity contribution in [3.05, 3.63) is 41.6 Å². The van der Waals surface area contributed by atoms with Gasteiger partial charge in [0.2, 0.25) is 5.91 Å². The lowest BCUT2D eigenvalue weighted by Gasteiger charge is -2.39. The molecule has 144 valence electrons. The average Bonchev–Trinajstić information content (AvgIpc) is 3.29. The lowest BCUT2D eigenvalue weighted by atomic mass is 9.77. The van der Waals surface area contributed by atoms with Crippen LogP contribution in [-0.2, 0) is 4.79 Å². The second kappa shape index (κ2) is 6.41. The number of furan rings is 1. The van der Waals surface area contributed by atoms with Crippen molar-refractivity contribution in [3.63, 3.8) is 0 Å². The summed E-state index contributed by atoms with van der Waals surface area (Å²) in [5.41, 5.74) is 8.26. The highest BCUT2D eigenvalue weighted by Gasteiger charge is 2.44. The van der Waals surface area contributed by atoms with Gasteiger partial charge in [-0.3, -0.25) is 4.79 Å². The SMILES string of the molecule is Nc1ncc(-c2cc3ccccc3o2)c(N2CCC3(CCNC3=O)CC2)c1Cl. The van der Waals surface area contributed by atoms with Gasteiger partial charge in [0.15, 0.2) is 0 Å². The van der Waals surface area contributed by atoms with E-state index in [4.69, 9.17) is 21.8 Å². The predicted molar refractivity (Wildman–Crippen MR) is 110 cm³/mol. The molecule has 0 bridgehead atoms. The molecule has 0 aliphatic carbocycles. The van der Waals surface area contributed by atoms with Crippen LogP contribution in [0.2, 0.25) is 5.02 Å². The van der Waals surface area contributed by atoms with Gasteiger partial charge in [0.05, 0.1) is 16.7 Å². The van der Waals surface area contributed by atoms with E-state index in [1.165, 1.54) is 0 Å². The number of nitrogens with zero attached hydrogens (tertiary/aromatic N) is 2. The van der Waals surface area contributed by atoms with Gasteiger partial charge in [-0.25, -0.2) is 4.98 Å². The third-order valence-electron chi connectivity index (χ3n) is 6.12. The number of aromatic nitrogens is 1. The van der Waals surface area contributed by atoms with Crippen LogP contribution in [0, 0.1) is 5.41 Å². The molecule has 2 saturated heterocycles. The van der Waals surface area contributed by atoms with Crippen molar-refractivity contribution in [2.45, 2.75) is 19.3 Å². The highest BCUT2D eigenvalue weighted by Crippen LogP contribution is 2.45. The van der Waals surface area contributed by atoms with Crippen molar-refractivity contribution in [1.82, 2.24) is 10.3 Å². The Labute approximate surface area is 167 Å². The van der Waals surface area contributed by atoms with Crippen molar-refractivity contribution < 1.29 is 9.21 Å². The molecule has 4 heterocycles. The zero-order valence-electron chi connectivity index (χ0n) is 15.4. The van der Waals surface area contributed by atoms with Gasteiger partial charge in [-0.1, -0.05) is 29.8 Å². The standard InChI is InChI=1S/C21H21ClN4O2/c22-17-18(26-9-6-21(7-10-26)5-8-24-20(21)27)14(12-25-19(17)23)16-11-13-3-1-2-4-15(13)28-16/h1-4,11-12H,5-10H2,(H2,23,25)(H,24,27). The topological polar surface area (TPSA) is 84.4 Å². The lowest BCUT2D eigenvalue weighted by Crippen LogP contribution is -2.44. The molecule has 6 nitrogen and oxygen atoms in total. The number of carbonyl (C=O) groups excluding carboxylic acids is 1. The fourth-order valence-corrected chi connectivity index (χ4v) is 4.72. The van der Waals surface area contributed by atoms with Gasteiger partial charge in [-0.2, -0.15) is 0 Å². The number of hydrogen-bond acceptors (Lipinski definition) is 5. The van der Waals surface area contributed by atoms with Crippen molar-refractivity contribution in [3.8, 4) is 11.3 Å². The number of pyridine rings is 1. The van der Waals surface area contributed by atoms with Crippen LogP contribution >= 0.6 is 11.6 Å². The van der Waals surface area contributed by atoms with E-state index in [0.29, 0.717) is 16.6 Å². The maximum atomic E-state index is 12.3. The summed E-state index contributed by atoms with van der Waals surface area (Å²) in [6, 6.07) is 9.87. The number of nitrogens with one attached hydrogen (secondary N) is 1. The molecule has 0 radical (unpaired) electrons. The third kappa shape index (κ3) is 2.63. The third-order valence-corrected chi connectivity index (χ3v) is 6.49. The predicted octanol–water partition coefficient (Wildman–Crippen LogP) is 3.84. The van der Waals surface area contributed by atoms with Gasteiger partial charge < -0.3 is 20.4 Å². The number of rotatable bonds is 2. The second-order valence-electron chi connectivity index (χ2n) is 7.64. The van der Waals surface area contributed by atoms with Gasteiger partial charge in [-0.05, 0) is 31.4 Å². The Morgan fingerprint density at radius 1 is 1.21 bits per heavy atom.